The van der Waals surface area contributed by atoms with Gasteiger partial charge in [-0.3, -0.25) is 9.69 Å². The van der Waals surface area contributed by atoms with Gasteiger partial charge in [-0.15, -0.1) is 0 Å². The Balaban J connectivity index is 1.42. The first-order chi connectivity index (χ1) is 11.7. The molecule has 1 amide bonds. The minimum Gasteiger partial charge on any atom is -0.342 e. The third-order valence-electron chi connectivity index (χ3n) is 6.03. The highest BCUT2D eigenvalue weighted by molar-refractivity contribution is 5.84. The van der Waals surface area contributed by atoms with Gasteiger partial charge in [0.1, 0.15) is 0 Å². The molecule has 4 rings (SSSR count). The number of hydrogen-bond acceptors (Lipinski definition) is 2. The summed E-state index contributed by atoms with van der Waals surface area (Å²) in [6, 6.07) is 8.57. The van der Waals surface area contributed by atoms with Crippen LogP contribution in [0.4, 0.5) is 0 Å². The zero-order chi connectivity index (χ0) is 16.6. The number of amides is 1. The number of piperidine rings is 1. The van der Waals surface area contributed by atoms with Gasteiger partial charge in [0.2, 0.25) is 5.91 Å². The van der Waals surface area contributed by atoms with Crippen LogP contribution in [-0.2, 0) is 11.3 Å². The standard InChI is InChI=1S/C21H28N2O/c1-2-17-5-3-6-19(13-17)14-22-12-10-21(16-22)9-4-11-23(20(21)24)15-18-7-8-18/h2-3,5-6,13,18H,1,4,7-12,14-16H2/t21-/m1/s1. The molecule has 0 bridgehead atoms. The fourth-order valence-electron chi connectivity index (χ4n) is 4.49. The SMILES string of the molecule is C=Cc1cccc(CN2CC[C@]3(CCCN(CC4CC4)C3=O)C2)c1. The van der Waals surface area contributed by atoms with Gasteiger partial charge in [0.05, 0.1) is 5.41 Å². The van der Waals surface area contributed by atoms with Gasteiger partial charge in [0.15, 0.2) is 0 Å². The molecular formula is C21H28N2O. The number of hydrogen-bond donors (Lipinski definition) is 0. The van der Waals surface area contributed by atoms with E-state index in [2.05, 4.69) is 40.6 Å². The maximum absolute atomic E-state index is 13.1. The van der Waals surface area contributed by atoms with Crippen molar-refractivity contribution in [3.63, 3.8) is 0 Å². The number of likely N-dealkylation sites (tertiary alicyclic amines) is 2. The van der Waals surface area contributed by atoms with Crippen molar-refractivity contribution in [2.45, 2.75) is 38.6 Å². The van der Waals surface area contributed by atoms with E-state index in [1.807, 2.05) is 6.08 Å². The van der Waals surface area contributed by atoms with Crippen molar-refractivity contribution in [2.24, 2.45) is 11.3 Å². The van der Waals surface area contributed by atoms with Crippen LogP contribution in [0.1, 0.15) is 43.2 Å². The molecule has 3 aliphatic rings. The van der Waals surface area contributed by atoms with Crippen LogP contribution in [0.3, 0.4) is 0 Å². The van der Waals surface area contributed by atoms with Gasteiger partial charge in [0, 0.05) is 26.2 Å². The normalized spacial score (nSPS) is 27.8. The quantitative estimate of drug-likeness (QED) is 0.827. The summed E-state index contributed by atoms with van der Waals surface area (Å²) in [5.74, 6) is 1.24. The average Bonchev–Trinajstić information content (AvgIpc) is 3.33. The van der Waals surface area contributed by atoms with E-state index in [4.69, 9.17) is 0 Å². The molecule has 3 fully saturated rings. The molecule has 2 aliphatic heterocycles. The molecule has 2 heterocycles. The van der Waals surface area contributed by atoms with Gasteiger partial charge in [-0.05, 0) is 55.7 Å². The lowest BCUT2D eigenvalue weighted by atomic mass is 9.78. The molecule has 1 aromatic rings. The highest BCUT2D eigenvalue weighted by Crippen LogP contribution is 2.42. The monoisotopic (exact) mass is 324 g/mol. The first-order valence-electron chi connectivity index (χ1n) is 9.42. The van der Waals surface area contributed by atoms with E-state index < -0.39 is 0 Å². The Kier molecular flexibility index (Phi) is 4.21. The Morgan fingerprint density at radius 3 is 2.92 bits per heavy atom. The molecule has 0 radical (unpaired) electrons. The molecular weight excluding hydrogens is 296 g/mol. The van der Waals surface area contributed by atoms with Crippen molar-refractivity contribution >= 4 is 12.0 Å². The van der Waals surface area contributed by atoms with Crippen molar-refractivity contribution in [3.05, 3.63) is 42.0 Å². The Bertz CT molecular complexity index is 636. The molecule has 1 atom stereocenters. The number of carbonyl (C=O) groups is 1. The summed E-state index contributed by atoms with van der Waals surface area (Å²) in [4.78, 5) is 17.8. The summed E-state index contributed by atoms with van der Waals surface area (Å²) in [7, 11) is 0. The lowest BCUT2D eigenvalue weighted by molar-refractivity contribution is -0.145. The van der Waals surface area contributed by atoms with Crippen LogP contribution in [0.15, 0.2) is 30.8 Å². The van der Waals surface area contributed by atoms with Crippen LogP contribution in [0.5, 0.6) is 0 Å². The zero-order valence-corrected chi connectivity index (χ0v) is 14.5. The van der Waals surface area contributed by atoms with Crippen LogP contribution >= 0.6 is 0 Å². The van der Waals surface area contributed by atoms with E-state index in [-0.39, 0.29) is 5.41 Å². The van der Waals surface area contributed by atoms with Crippen LogP contribution < -0.4 is 0 Å². The third kappa shape index (κ3) is 3.14. The maximum atomic E-state index is 13.1. The molecule has 2 saturated heterocycles. The van der Waals surface area contributed by atoms with Crippen molar-refractivity contribution in [2.75, 3.05) is 26.2 Å². The Hall–Kier alpha value is -1.61. The summed E-state index contributed by atoms with van der Waals surface area (Å²) in [5, 5.41) is 0. The second kappa shape index (κ2) is 6.36. The van der Waals surface area contributed by atoms with Crippen molar-refractivity contribution < 1.29 is 4.79 Å². The van der Waals surface area contributed by atoms with Crippen LogP contribution in [-0.4, -0.2) is 41.9 Å². The number of benzene rings is 1. The largest absolute Gasteiger partial charge is 0.342 e. The molecule has 1 aliphatic carbocycles. The lowest BCUT2D eigenvalue weighted by Gasteiger charge is -2.39. The molecule has 128 valence electrons. The summed E-state index contributed by atoms with van der Waals surface area (Å²) >= 11 is 0. The van der Waals surface area contributed by atoms with Crippen LogP contribution in [0.25, 0.3) is 6.08 Å². The van der Waals surface area contributed by atoms with Gasteiger partial charge in [-0.25, -0.2) is 0 Å². The number of nitrogens with zero attached hydrogens (tertiary/aromatic N) is 2. The molecule has 0 unspecified atom stereocenters. The van der Waals surface area contributed by atoms with E-state index in [9.17, 15) is 4.79 Å². The second-order valence-electron chi connectivity index (χ2n) is 7.99. The van der Waals surface area contributed by atoms with Gasteiger partial charge < -0.3 is 4.90 Å². The minimum absolute atomic E-state index is 0.0941. The zero-order valence-electron chi connectivity index (χ0n) is 14.5. The molecule has 24 heavy (non-hydrogen) atoms. The smallest absolute Gasteiger partial charge is 0.230 e. The number of rotatable bonds is 5. The van der Waals surface area contributed by atoms with Gasteiger partial charge in [0.25, 0.3) is 0 Å². The molecule has 0 aromatic heterocycles. The maximum Gasteiger partial charge on any atom is 0.230 e. The summed E-state index contributed by atoms with van der Waals surface area (Å²) in [6.07, 6.45) is 7.84. The second-order valence-corrected chi connectivity index (χ2v) is 7.99. The van der Waals surface area contributed by atoms with E-state index >= 15 is 0 Å². The van der Waals surface area contributed by atoms with E-state index in [1.54, 1.807) is 0 Å². The summed E-state index contributed by atoms with van der Waals surface area (Å²) in [5.41, 5.74) is 2.40. The Morgan fingerprint density at radius 2 is 2.12 bits per heavy atom. The van der Waals surface area contributed by atoms with Gasteiger partial charge in [-0.1, -0.05) is 36.9 Å². The predicted molar refractivity (Wildman–Crippen MR) is 97.4 cm³/mol. The summed E-state index contributed by atoms with van der Waals surface area (Å²) < 4.78 is 0. The Labute approximate surface area is 145 Å². The molecule has 1 spiro atoms. The minimum atomic E-state index is -0.0941. The summed E-state index contributed by atoms with van der Waals surface area (Å²) in [6.45, 7) is 8.78. The fourth-order valence-corrected chi connectivity index (χ4v) is 4.49. The van der Waals surface area contributed by atoms with Crippen LogP contribution in [0.2, 0.25) is 0 Å². The van der Waals surface area contributed by atoms with Crippen LogP contribution in [0, 0.1) is 11.3 Å². The lowest BCUT2D eigenvalue weighted by Crippen LogP contribution is -2.50. The van der Waals surface area contributed by atoms with Crippen molar-refractivity contribution in [1.82, 2.24) is 9.80 Å². The van der Waals surface area contributed by atoms with E-state index in [1.165, 1.54) is 30.4 Å². The highest BCUT2D eigenvalue weighted by atomic mass is 16.2. The van der Waals surface area contributed by atoms with Crippen molar-refractivity contribution in [3.8, 4) is 0 Å². The molecule has 1 saturated carbocycles. The van der Waals surface area contributed by atoms with E-state index in [0.717, 1.165) is 51.5 Å². The van der Waals surface area contributed by atoms with Gasteiger partial charge >= 0.3 is 0 Å². The van der Waals surface area contributed by atoms with Gasteiger partial charge in [-0.2, -0.15) is 0 Å². The topological polar surface area (TPSA) is 23.6 Å². The molecule has 3 heteroatoms. The average molecular weight is 324 g/mol. The molecule has 3 nitrogen and oxygen atoms in total. The fraction of sp³-hybridized carbons (Fsp3) is 0.571. The predicted octanol–water partition coefficient (Wildman–Crippen LogP) is 3.55. The first kappa shape index (κ1) is 15.9. The first-order valence-corrected chi connectivity index (χ1v) is 9.42. The highest BCUT2D eigenvalue weighted by Gasteiger charge is 2.48. The van der Waals surface area contributed by atoms with E-state index in [0.29, 0.717) is 5.91 Å². The Morgan fingerprint density at radius 1 is 1.25 bits per heavy atom. The number of carbonyl (C=O) groups excluding carboxylic acids is 1. The molecule has 1 aromatic carbocycles. The molecule has 0 N–H and O–H groups in total. The van der Waals surface area contributed by atoms with Crippen molar-refractivity contribution in [1.29, 1.82) is 0 Å². The third-order valence-corrected chi connectivity index (χ3v) is 6.03.